The van der Waals surface area contributed by atoms with E-state index in [1.165, 1.54) is 0 Å². The van der Waals surface area contributed by atoms with E-state index in [1.807, 2.05) is 4.90 Å². The summed E-state index contributed by atoms with van der Waals surface area (Å²) in [6, 6.07) is -0.463. The lowest BCUT2D eigenvalue weighted by Crippen LogP contribution is -2.62. The second-order valence-corrected chi connectivity index (χ2v) is 4.15. The summed E-state index contributed by atoms with van der Waals surface area (Å²) >= 11 is 0. The largest absolute Gasteiger partial charge is 0.395 e. The molecule has 0 aromatic carbocycles. The fourth-order valence-electron chi connectivity index (χ4n) is 2.00. The third-order valence-electron chi connectivity index (χ3n) is 3.01. The molecule has 3 unspecified atom stereocenters. The Labute approximate surface area is 90.0 Å². The number of rotatable bonds is 4. The lowest BCUT2D eigenvalue weighted by atomic mass is 9.94. The van der Waals surface area contributed by atoms with Crippen LogP contribution in [0, 0.1) is 0 Å². The number of aliphatic hydroxyl groups is 4. The van der Waals surface area contributed by atoms with Crippen LogP contribution < -0.4 is 0 Å². The number of piperidine rings is 1. The summed E-state index contributed by atoms with van der Waals surface area (Å²) in [6.45, 7) is 2.89. The quantitative estimate of drug-likeness (QED) is 0.465. The molecule has 5 nitrogen and oxygen atoms in total. The summed E-state index contributed by atoms with van der Waals surface area (Å²) in [5.74, 6) is 0. The van der Waals surface area contributed by atoms with Crippen LogP contribution in [0.2, 0.25) is 0 Å². The molecule has 0 spiro atoms. The second kappa shape index (κ2) is 5.77. The molecule has 0 saturated carbocycles. The van der Waals surface area contributed by atoms with Crippen molar-refractivity contribution < 1.29 is 20.4 Å². The van der Waals surface area contributed by atoms with Crippen LogP contribution in [-0.2, 0) is 0 Å². The summed E-state index contributed by atoms with van der Waals surface area (Å²) in [5, 5.41) is 37.8. The number of unbranched alkanes of at least 4 members (excludes halogenated alkanes) is 1. The highest BCUT2D eigenvalue weighted by Gasteiger charge is 2.40. The highest BCUT2D eigenvalue weighted by atomic mass is 16.4. The van der Waals surface area contributed by atoms with E-state index >= 15 is 0 Å². The molecule has 0 aromatic heterocycles. The van der Waals surface area contributed by atoms with Crippen molar-refractivity contribution in [3.63, 3.8) is 0 Å². The zero-order chi connectivity index (χ0) is 11.4. The van der Waals surface area contributed by atoms with Gasteiger partial charge in [-0.15, -0.1) is 0 Å². The van der Waals surface area contributed by atoms with E-state index in [0.717, 1.165) is 19.4 Å². The molecule has 4 atom stereocenters. The van der Waals surface area contributed by atoms with E-state index in [0.29, 0.717) is 6.54 Å². The summed E-state index contributed by atoms with van der Waals surface area (Å²) in [4.78, 5) is 1.84. The highest BCUT2D eigenvalue weighted by molar-refractivity contribution is 4.93. The van der Waals surface area contributed by atoms with Gasteiger partial charge < -0.3 is 20.4 Å². The minimum Gasteiger partial charge on any atom is -0.395 e. The maximum atomic E-state index is 9.67. The molecule has 1 rings (SSSR count). The van der Waals surface area contributed by atoms with Crippen molar-refractivity contribution in [1.29, 1.82) is 0 Å². The molecule has 0 amide bonds. The average Bonchev–Trinajstić information content (AvgIpc) is 2.23. The predicted octanol–water partition coefficient (Wildman–Crippen LogP) is -1.45. The Balaban J connectivity index is 2.60. The Morgan fingerprint density at radius 3 is 2.40 bits per heavy atom. The standard InChI is InChI=1S/C10H21NO4/c1-2-3-4-11-5-8(13)10(15)9(14)7(11)6-12/h7-10,12-15H,2-6H2,1H3/t7?,8-,9?,10?/m0/s1. The van der Waals surface area contributed by atoms with Crippen molar-refractivity contribution in [2.75, 3.05) is 19.7 Å². The molecule has 0 aliphatic carbocycles. The Kier molecular flexibility index (Phi) is 4.95. The van der Waals surface area contributed by atoms with Crippen LogP contribution in [0.15, 0.2) is 0 Å². The Morgan fingerprint density at radius 1 is 1.20 bits per heavy atom. The fourth-order valence-corrected chi connectivity index (χ4v) is 2.00. The molecule has 4 N–H and O–H groups in total. The molecule has 1 heterocycles. The van der Waals surface area contributed by atoms with Crippen molar-refractivity contribution in [2.45, 2.75) is 44.1 Å². The van der Waals surface area contributed by atoms with Gasteiger partial charge in [0.1, 0.15) is 12.2 Å². The highest BCUT2D eigenvalue weighted by Crippen LogP contribution is 2.19. The molecule has 1 saturated heterocycles. The Morgan fingerprint density at radius 2 is 1.87 bits per heavy atom. The van der Waals surface area contributed by atoms with E-state index in [4.69, 9.17) is 5.11 Å². The van der Waals surface area contributed by atoms with Crippen LogP contribution in [-0.4, -0.2) is 69.4 Å². The number of β-amino-alcohol motifs (C(OH)–C–C–N with tert-alkyl or cyclic N) is 1. The Bertz CT molecular complexity index is 190. The van der Waals surface area contributed by atoms with Gasteiger partial charge in [-0.25, -0.2) is 0 Å². The number of aliphatic hydroxyl groups excluding tert-OH is 4. The molecule has 15 heavy (non-hydrogen) atoms. The van der Waals surface area contributed by atoms with Crippen molar-refractivity contribution in [3.05, 3.63) is 0 Å². The number of nitrogens with zero attached hydrogens (tertiary/aromatic N) is 1. The van der Waals surface area contributed by atoms with Crippen LogP contribution in [0.1, 0.15) is 19.8 Å². The van der Waals surface area contributed by atoms with E-state index in [1.54, 1.807) is 0 Å². The summed E-state index contributed by atoms with van der Waals surface area (Å²) in [5.41, 5.74) is 0. The molecule has 0 radical (unpaired) electrons. The van der Waals surface area contributed by atoms with Gasteiger partial charge in [0.05, 0.1) is 18.8 Å². The van der Waals surface area contributed by atoms with Gasteiger partial charge in [-0.05, 0) is 13.0 Å². The molecule has 0 aromatic rings. The Hall–Kier alpha value is -0.200. The molecule has 1 fully saturated rings. The van der Waals surface area contributed by atoms with E-state index in [9.17, 15) is 15.3 Å². The SMILES string of the molecule is CCCCN1C[C@H](O)C(O)C(O)C1CO. The van der Waals surface area contributed by atoms with Crippen molar-refractivity contribution in [2.24, 2.45) is 0 Å². The average molecular weight is 219 g/mol. The van der Waals surface area contributed by atoms with Gasteiger partial charge in [-0.1, -0.05) is 13.3 Å². The third-order valence-corrected chi connectivity index (χ3v) is 3.01. The molecule has 1 aliphatic rings. The van der Waals surface area contributed by atoms with Crippen LogP contribution >= 0.6 is 0 Å². The van der Waals surface area contributed by atoms with Gasteiger partial charge in [0, 0.05) is 6.54 Å². The monoisotopic (exact) mass is 219 g/mol. The van der Waals surface area contributed by atoms with Gasteiger partial charge in [0.2, 0.25) is 0 Å². The second-order valence-electron chi connectivity index (χ2n) is 4.15. The zero-order valence-corrected chi connectivity index (χ0v) is 9.08. The van der Waals surface area contributed by atoms with Crippen LogP contribution in [0.3, 0.4) is 0 Å². The van der Waals surface area contributed by atoms with Crippen LogP contribution in [0.25, 0.3) is 0 Å². The summed E-state index contributed by atoms with van der Waals surface area (Å²) in [6.07, 6.45) is -1.19. The van der Waals surface area contributed by atoms with E-state index < -0.39 is 24.4 Å². The van der Waals surface area contributed by atoms with Crippen molar-refractivity contribution in [1.82, 2.24) is 4.90 Å². The summed E-state index contributed by atoms with van der Waals surface area (Å²) in [7, 11) is 0. The van der Waals surface area contributed by atoms with Gasteiger partial charge >= 0.3 is 0 Å². The van der Waals surface area contributed by atoms with Crippen LogP contribution in [0.5, 0.6) is 0 Å². The van der Waals surface area contributed by atoms with Gasteiger partial charge in [0.15, 0.2) is 0 Å². The van der Waals surface area contributed by atoms with E-state index in [2.05, 4.69) is 6.92 Å². The number of hydrogen-bond donors (Lipinski definition) is 4. The first-order valence-corrected chi connectivity index (χ1v) is 5.51. The smallest absolute Gasteiger partial charge is 0.109 e. The molecule has 0 bridgehead atoms. The first-order chi connectivity index (χ1) is 7.11. The first kappa shape index (κ1) is 12.9. The van der Waals surface area contributed by atoms with Crippen molar-refractivity contribution in [3.8, 4) is 0 Å². The van der Waals surface area contributed by atoms with E-state index in [-0.39, 0.29) is 6.61 Å². The van der Waals surface area contributed by atoms with Gasteiger partial charge in [-0.2, -0.15) is 0 Å². The normalized spacial score (nSPS) is 38.2. The van der Waals surface area contributed by atoms with Gasteiger partial charge in [-0.3, -0.25) is 4.90 Å². The molecule has 1 aliphatic heterocycles. The lowest BCUT2D eigenvalue weighted by molar-refractivity contribution is -0.145. The lowest BCUT2D eigenvalue weighted by Gasteiger charge is -2.43. The minimum atomic E-state index is -1.15. The van der Waals surface area contributed by atoms with Crippen molar-refractivity contribution >= 4 is 0 Å². The maximum Gasteiger partial charge on any atom is 0.109 e. The summed E-state index contributed by atoms with van der Waals surface area (Å²) < 4.78 is 0. The van der Waals surface area contributed by atoms with Gasteiger partial charge in [0.25, 0.3) is 0 Å². The molecular formula is C10H21NO4. The molecule has 5 heteroatoms. The first-order valence-electron chi connectivity index (χ1n) is 5.51. The van der Waals surface area contributed by atoms with Crippen LogP contribution in [0.4, 0.5) is 0 Å². The minimum absolute atomic E-state index is 0.200. The molecular weight excluding hydrogens is 198 g/mol. The fraction of sp³-hybridized carbons (Fsp3) is 1.00. The number of hydrogen-bond acceptors (Lipinski definition) is 5. The maximum absolute atomic E-state index is 9.67. The predicted molar refractivity (Wildman–Crippen MR) is 55.4 cm³/mol. The zero-order valence-electron chi connectivity index (χ0n) is 9.08. The topological polar surface area (TPSA) is 84.2 Å². The third kappa shape index (κ3) is 2.89. The number of likely N-dealkylation sites (tertiary alicyclic amines) is 1. The molecule has 90 valence electrons.